The number of hydrogen-bond acceptors (Lipinski definition) is 5. The van der Waals surface area contributed by atoms with Crippen LogP contribution < -0.4 is 11.1 Å². The number of amidine groups is 1. The van der Waals surface area contributed by atoms with Crippen LogP contribution in [0.1, 0.15) is 41.5 Å². The Balaban J connectivity index is 2.80. The van der Waals surface area contributed by atoms with Crippen molar-refractivity contribution >= 4 is 11.7 Å². The molecule has 1 aromatic rings. The molecule has 7 heteroatoms. The van der Waals surface area contributed by atoms with Crippen LogP contribution in [-0.4, -0.2) is 33.2 Å². The number of oxime groups is 1. The van der Waals surface area contributed by atoms with Gasteiger partial charge < -0.3 is 16.3 Å². The van der Waals surface area contributed by atoms with E-state index in [-0.39, 0.29) is 17.8 Å². The summed E-state index contributed by atoms with van der Waals surface area (Å²) >= 11 is 0. The summed E-state index contributed by atoms with van der Waals surface area (Å²) in [7, 11) is 0. The van der Waals surface area contributed by atoms with Crippen molar-refractivity contribution in [1.29, 1.82) is 0 Å². The average molecular weight is 265 g/mol. The number of carbonyl (C=O) groups is 1. The number of nitrogens with two attached hydrogens (primary N) is 1. The van der Waals surface area contributed by atoms with E-state index in [4.69, 9.17) is 10.9 Å². The van der Waals surface area contributed by atoms with Crippen LogP contribution in [0, 0.1) is 13.8 Å². The van der Waals surface area contributed by atoms with Crippen LogP contribution in [0.15, 0.2) is 11.2 Å². The number of nitrogens with one attached hydrogen (secondary N) is 1. The molecule has 0 saturated heterocycles. The minimum Gasteiger partial charge on any atom is -0.409 e. The lowest BCUT2D eigenvalue weighted by atomic mass is 10.1. The van der Waals surface area contributed by atoms with Gasteiger partial charge in [0.05, 0.1) is 17.0 Å². The number of aromatic nitrogens is 2. The Kier molecular flexibility index (Phi) is 5.23. The lowest BCUT2D eigenvalue weighted by molar-refractivity contribution is 0.0935. The number of carbonyl (C=O) groups excluding carboxylic acids is 1. The van der Waals surface area contributed by atoms with Crippen LogP contribution in [0.4, 0.5) is 0 Å². The van der Waals surface area contributed by atoms with Crippen LogP contribution in [0.2, 0.25) is 0 Å². The normalized spacial score (nSPS) is 13.1. The van der Waals surface area contributed by atoms with Gasteiger partial charge in [0.1, 0.15) is 5.84 Å². The third-order valence-corrected chi connectivity index (χ3v) is 2.76. The van der Waals surface area contributed by atoms with E-state index >= 15 is 0 Å². The fraction of sp³-hybridized carbons (Fsp3) is 0.500. The molecular weight excluding hydrogens is 246 g/mol. The molecule has 1 rings (SSSR count). The maximum atomic E-state index is 12.1. The largest absolute Gasteiger partial charge is 0.409 e. The van der Waals surface area contributed by atoms with E-state index < -0.39 is 0 Å². The summed E-state index contributed by atoms with van der Waals surface area (Å²) in [5.74, 6) is -0.138. The summed E-state index contributed by atoms with van der Waals surface area (Å²) in [4.78, 5) is 12.1. The van der Waals surface area contributed by atoms with Crippen LogP contribution in [0.3, 0.4) is 0 Å². The molecule has 0 radical (unpaired) electrons. The molecule has 0 aromatic carbocycles. The molecule has 4 N–H and O–H groups in total. The second-order valence-electron chi connectivity index (χ2n) is 4.36. The fourth-order valence-corrected chi connectivity index (χ4v) is 1.63. The van der Waals surface area contributed by atoms with E-state index in [1.807, 2.05) is 6.92 Å². The van der Waals surface area contributed by atoms with Crippen molar-refractivity contribution in [3.63, 3.8) is 0 Å². The van der Waals surface area contributed by atoms with Crippen LogP contribution >= 0.6 is 0 Å². The van der Waals surface area contributed by atoms with Gasteiger partial charge in [0.2, 0.25) is 0 Å². The van der Waals surface area contributed by atoms with E-state index in [2.05, 4.69) is 20.7 Å². The van der Waals surface area contributed by atoms with Gasteiger partial charge in [0.25, 0.3) is 5.91 Å². The molecule has 1 amide bonds. The molecule has 1 heterocycles. The molecule has 0 aliphatic carbocycles. The smallest absolute Gasteiger partial charge is 0.253 e. The Labute approximate surface area is 111 Å². The Hall–Kier alpha value is -2.18. The van der Waals surface area contributed by atoms with E-state index in [1.165, 1.54) is 0 Å². The second-order valence-corrected chi connectivity index (χ2v) is 4.36. The standard InChI is InChI=1S/C12H19N5O2/c1-4-9(6-11(13)17-19)14-12(18)10-5-7(2)15-16-8(10)3/h5,9,19H,4,6H2,1-3H3,(H2,13,17)(H,14,18). The maximum Gasteiger partial charge on any atom is 0.253 e. The van der Waals surface area contributed by atoms with Gasteiger partial charge in [-0.3, -0.25) is 4.79 Å². The van der Waals surface area contributed by atoms with Gasteiger partial charge in [-0.05, 0) is 26.3 Å². The van der Waals surface area contributed by atoms with Crippen molar-refractivity contribution < 1.29 is 10.0 Å². The van der Waals surface area contributed by atoms with Gasteiger partial charge in [0.15, 0.2) is 0 Å². The lowest BCUT2D eigenvalue weighted by Crippen LogP contribution is -2.38. The Bertz CT molecular complexity index is 487. The molecule has 0 fully saturated rings. The number of aryl methyl sites for hydroxylation is 2. The monoisotopic (exact) mass is 265 g/mol. The average Bonchev–Trinajstić information content (AvgIpc) is 2.40. The molecule has 0 bridgehead atoms. The first kappa shape index (κ1) is 14.9. The Morgan fingerprint density at radius 1 is 1.53 bits per heavy atom. The summed E-state index contributed by atoms with van der Waals surface area (Å²) in [6, 6.07) is 1.50. The van der Waals surface area contributed by atoms with Gasteiger partial charge >= 0.3 is 0 Å². The Morgan fingerprint density at radius 3 is 2.79 bits per heavy atom. The summed E-state index contributed by atoms with van der Waals surface area (Å²) < 4.78 is 0. The van der Waals surface area contributed by atoms with Gasteiger partial charge in [-0.1, -0.05) is 12.1 Å². The molecule has 0 saturated carbocycles. The second kappa shape index (κ2) is 6.67. The zero-order chi connectivity index (χ0) is 14.4. The molecule has 0 aliphatic heterocycles. The third-order valence-electron chi connectivity index (χ3n) is 2.76. The van der Waals surface area contributed by atoms with E-state index in [0.29, 0.717) is 29.8 Å². The minimum atomic E-state index is -0.229. The number of rotatable bonds is 5. The first-order valence-electron chi connectivity index (χ1n) is 6.06. The highest BCUT2D eigenvalue weighted by Gasteiger charge is 2.16. The highest BCUT2D eigenvalue weighted by atomic mass is 16.4. The minimum absolute atomic E-state index is 0.0907. The topological polar surface area (TPSA) is 113 Å². The van der Waals surface area contributed by atoms with Gasteiger partial charge in [-0.15, -0.1) is 0 Å². The molecule has 0 aliphatic rings. The maximum absolute atomic E-state index is 12.1. The predicted octanol–water partition coefficient (Wildman–Crippen LogP) is 0.738. The van der Waals surface area contributed by atoms with Gasteiger partial charge in [-0.2, -0.15) is 10.2 Å². The highest BCUT2D eigenvalue weighted by molar-refractivity contribution is 5.95. The highest BCUT2D eigenvalue weighted by Crippen LogP contribution is 2.07. The first-order chi connectivity index (χ1) is 8.97. The first-order valence-corrected chi connectivity index (χ1v) is 6.06. The number of amides is 1. The zero-order valence-corrected chi connectivity index (χ0v) is 11.3. The molecule has 0 spiro atoms. The molecule has 19 heavy (non-hydrogen) atoms. The van der Waals surface area contributed by atoms with E-state index in [9.17, 15) is 4.79 Å². The summed E-state index contributed by atoms with van der Waals surface area (Å²) in [5, 5.41) is 22.1. The molecule has 104 valence electrons. The molecule has 1 unspecified atom stereocenters. The van der Waals surface area contributed by atoms with Crippen molar-refractivity contribution in [2.75, 3.05) is 0 Å². The summed E-state index contributed by atoms with van der Waals surface area (Å²) in [6.07, 6.45) is 0.980. The SMILES string of the molecule is CCC(C/C(N)=N/O)NC(=O)c1cc(C)nnc1C. The van der Waals surface area contributed by atoms with Crippen LogP contribution in [0.25, 0.3) is 0 Å². The van der Waals surface area contributed by atoms with Crippen LogP contribution in [0.5, 0.6) is 0 Å². The number of hydrogen-bond donors (Lipinski definition) is 3. The fourth-order valence-electron chi connectivity index (χ4n) is 1.63. The molecule has 7 nitrogen and oxygen atoms in total. The lowest BCUT2D eigenvalue weighted by Gasteiger charge is -2.16. The van der Waals surface area contributed by atoms with Gasteiger partial charge in [0, 0.05) is 12.5 Å². The van der Waals surface area contributed by atoms with Crippen molar-refractivity contribution in [2.24, 2.45) is 10.9 Å². The van der Waals surface area contributed by atoms with Crippen molar-refractivity contribution in [1.82, 2.24) is 15.5 Å². The summed E-state index contributed by atoms with van der Waals surface area (Å²) in [5.41, 5.74) is 7.19. The quantitative estimate of drug-likeness (QED) is 0.314. The van der Waals surface area contributed by atoms with E-state index in [0.717, 1.165) is 0 Å². The van der Waals surface area contributed by atoms with Gasteiger partial charge in [-0.25, -0.2) is 0 Å². The van der Waals surface area contributed by atoms with Crippen molar-refractivity contribution in [3.8, 4) is 0 Å². The van der Waals surface area contributed by atoms with E-state index in [1.54, 1.807) is 19.9 Å². The molecule has 1 aromatic heterocycles. The Morgan fingerprint density at radius 2 is 2.21 bits per heavy atom. The third kappa shape index (κ3) is 4.20. The molecular formula is C12H19N5O2. The molecule has 1 atom stereocenters. The predicted molar refractivity (Wildman–Crippen MR) is 71.1 cm³/mol. The summed E-state index contributed by atoms with van der Waals surface area (Å²) in [6.45, 7) is 5.42. The van der Waals surface area contributed by atoms with Crippen molar-refractivity contribution in [2.45, 2.75) is 39.7 Å². The van der Waals surface area contributed by atoms with Crippen LogP contribution in [-0.2, 0) is 0 Å². The number of nitrogens with zero attached hydrogens (tertiary/aromatic N) is 3. The van der Waals surface area contributed by atoms with Crippen molar-refractivity contribution in [3.05, 3.63) is 23.0 Å². The zero-order valence-electron chi connectivity index (χ0n) is 11.3.